The van der Waals surface area contributed by atoms with Crippen LogP contribution in [0.3, 0.4) is 0 Å². The van der Waals surface area contributed by atoms with E-state index in [9.17, 15) is 9.90 Å². The zero-order valence-corrected chi connectivity index (χ0v) is 14.7. The first-order valence-electron chi connectivity index (χ1n) is 8.55. The van der Waals surface area contributed by atoms with Crippen molar-refractivity contribution in [3.63, 3.8) is 0 Å². The number of benzene rings is 1. The third-order valence-corrected chi connectivity index (χ3v) is 4.18. The fraction of sp³-hybridized carbons (Fsp3) is 0.632. The van der Waals surface area contributed by atoms with Gasteiger partial charge in [0.2, 0.25) is 0 Å². The molecule has 4 nitrogen and oxygen atoms in total. The van der Waals surface area contributed by atoms with Gasteiger partial charge >= 0.3 is 6.09 Å². The Labute approximate surface area is 139 Å². The molecule has 1 heterocycles. The lowest BCUT2D eigenvalue weighted by atomic mass is 9.86. The summed E-state index contributed by atoms with van der Waals surface area (Å²) in [6, 6.07) is 8.52. The monoisotopic (exact) mass is 319 g/mol. The second-order valence-electron chi connectivity index (χ2n) is 7.38. The molecule has 1 aliphatic heterocycles. The number of rotatable bonds is 3. The van der Waals surface area contributed by atoms with Crippen LogP contribution in [0.15, 0.2) is 24.3 Å². The second kappa shape index (κ2) is 7.35. The number of hydrogen-bond acceptors (Lipinski definition) is 3. The van der Waals surface area contributed by atoms with E-state index in [1.54, 1.807) is 4.90 Å². The van der Waals surface area contributed by atoms with Crippen LogP contribution in [0.4, 0.5) is 4.79 Å². The lowest BCUT2D eigenvalue weighted by Crippen LogP contribution is -2.47. The van der Waals surface area contributed by atoms with Gasteiger partial charge in [0.1, 0.15) is 5.60 Å². The van der Waals surface area contributed by atoms with E-state index in [0.717, 1.165) is 24.8 Å². The fourth-order valence-corrected chi connectivity index (χ4v) is 3.03. The summed E-state index contributed by atoms with van der Waals surface area (Å²) in [4.78, 5) is 13.7. The van der Waals surface area contributed by atoms with Crippen LogP contribution < -0.4 is 0 Å². The number of aryl methyl sites for hydroxylation is 1. The van der Waals surface area contributed by atoms with Crippen molar-refractivity contribution < 1.29 is 14.6 Å². The smallest absolute Gasteiger partial charge is 0.410 e. The normalized spacial score (nSPS) is 22.0. The van der Waals surface area contributed by atoms with Gasteiger partial charge in [-0.05, 0) is 44.7 Å². The van der Waals surface area contributed by atoms with Crippen molar-refractivity contribution in [2.24, 2.45) is 0 Å². The van der Waals surface area contributed by atoms with Crippen LogP contribution in [0.5, 0.6) is 0 Å². The molecule has 1 aromatic carbocycles. The Kier molecular flexibility index (Phi) is 5.69. The fourth-order valence-electron chi connectivity index (χ4n) is 3.03. The van der Waals surface area contributed by atoms with Crippen molar-refractivity contribution in [2.75, 3.05) is 13.1 Å². The summed E-state index contributed by atoms with van der Waals surface area (Å²) in [6.45, 7) is 8.68. The van der Waals surface area contributed by atoms with Crippen LogP contribution in [0, 0.1) is 0 Å². The zero-order valence-electron chi connectivity index (χ0n) is 14.7. The molecule has 0 unspecified atom stereocenters. The highest BCUT2D eigenvalue weighted by atomic mass is 16.6. The molecule has 0 bridgehead atoms. The predicted octanol–water partition coefficient (Wildman–Crippen LogP) is 3.72. The molecular formula is C19H29NO3. The summed E-state index contributed by atoms with van der Waals surface area (Å²) >= 11 is 0. The van der Waals surface area contributed by atoms with E-state index in [1.165, 1.54) is 5.56 Å². The number of aliphatic hydroxyl groups is 1. The molecule has 128 valence electrons. The number of ether oxygens (including phenoxy) is 1. The maximum Gasteiger partial charge on any atom is 0.410 e. The van der Waals surface area contributed by atoms with Crippen molar-refractivity contribution in [3.05, 3.63) is 35.4 Å². The van der Waals surface area contributed by atoms with E-state index in [0.29, 0.717) is 13.1 Å². The van der Waals surface area contributed by atoms with E-state index in [4.69, 9.17) is 4.74 Å². The molecule has 1 N–H and O–H groups in total. The summed E-state index contributed by atoms with van der Waals surface area (Å²) in [5, 5.41) is 10.5. The second-order valence-corrected chi connectivity index (χ2v) is 7.38. The molecule has 1 fully saturated rings. The number of β-amino-alcohol motifs (C(OH)–C–C–N with tert-alkyl or cyclic N) is 1. The Morgan fingerprint density at radius 3 is 2.48 bits per heavy atom. The van der Waals surface area contributed by atoms with Crippen LogP contribution in [-0.2, 0) is 11.2 Å². The van der Waals surface area contributed by atoms with E-state index >= 15 is 0 Å². The number of carbonyl (C=O) groups is 1. The van der Waals surface area contributed by atoms with Crippen LogP contribution in [0.2, 0.25) is 0 Å². The summed E-state index contributed by atoms with van der Waals surface area (Å²) < 4.78 is 5.38. The molecule has 4 heteroatoms. The van der Waals surface area contributed by atoms with Crippen LogP contribution in [0.25, 0.3) is 0 Å². The lowest BCUT2D eigenvalue weighted by molar-refractivity contribution is -0.00151. The van der Waals surface area contributed by atoms with E-state index in [-0.39, 0.29) is 12.0 Å². The molecule has 0 radical (unpaired) electrons. The van der Waals surface area contributed by atoms with E-state index < -0.39 is 11.7 Å². The summed E-state index contributed by atoms with van der Waals surface area (Å²) in [5.41, 5.74) is 1.98. The molecule has 23 heavy (non-hydrogen) atoms. The summed E-state index contributed by atoms with van der Waals surface area (Å²) in [5.74, 6) is 0.0874. The van der Waals surface area contributed by atoms with Gasteiger partial charge in [0.05, 0.1) is 12.6 Å². The summed E-state index contributed by atoms with van der Waals surface area (Å²) in [6.07, 6.45) is 2.09. The largest absolute Gasteiger partial charge is 0.444 e. The average molecular weight is 319 g/mol. The maximum atomic E-state index is 12.1. The van der Waals surface area contributed by atoms with Crippen molar-refractivity contribution >= 4 is 6.09 Å². The van der Waals surface area contributed by atoms with Gasteiger partial charge in [-0.15, -0.1) is 0 Å². The molecule has 1 aromatic rings. The van der Waals surface area contributed by atoms with Gasteiger partial charge in [0.25, 0.3) is 0 Å². The molecule has 0 aromatic heterocycles. The number of aliphatic hydroxyl groups excluding tert-OH is 1. The highest BCUT2D eigenvalue weighted by Gasteiger charge is 2.33. The molecule has 1 amide bonds. The average Bonchev–Trinajstić information content (AvgIpc) is 2.47. The SMILES string of the molecule is CCCc1ccc([C@H]2CCN(C(=O)OC(C)(C)C)C[C@H]2O)cc1. The first kappa shape index (κ1) is 17.8. The van der Waals surface area contributed by atoms with Gasteiger partial charge in [-0.3, -0.25) is 0 Å². The van der Waals surface area contributed by atoms with Gasteiger partial charge < -0.3 is 14.7 Å². The van der Waals surface area contributed by atoms with Crippen molar-refractivity contribution in [3.8, 4) is 0 Å². The standard InChI is InChI=1S/C19H29NO3/c1-5-6-14-7-9-15(10-8-14)16-11-12-20(13-17(16)21)18(22)23-19(2,3)4/h7-10,16-17,21H,5-6,11-13H2,1-4H3/t16-,17-/m1/s1. The molecule has 0 aliphatic carbocycles. The molecule has 2 atom stereocenters. The molecule has 2 rings (SSSR count). The van der Waals surface area contributed by atoms with Crippen LogP contribution >= 0.6 is 0 Å². The molecule has 1 aliphatic rings. The summed E-state index contributed by atoms with van der Waals surface area (Å²) in [7, 11) is 0. The predicted molar refractivity (Wildman–Crippen MR) is 91.6 cm³/mol. The topological polar surface area (TPSA) is 49.8 Å². The number of hydrogen-bond donors (Lipinski definition) is 1. The zero-order chi connectivity index (χ0) is 17.0. The van der Waals surface area contributed by atoms with Crippen LogP contribution in [-0.4, -0.2) is 40.9 Å². The third-order valence-electron chi connectivity index (χ3n) is 4.18. The first-order valence-corrected chi connectivity index (χ1v) is 8.55. The van der Waals surface area contributed by atoms with E-state index in [2.05, 4.69) is 31.2 Å². The third kappa shape index (κ3) is 4.96. The van der Waals surface area contributed by atoms with Crippen molar-refractivity contribution in [2.45, 2.75) is 64.6 Å². The molecular weight excluding hydrogens is 290 g/mol. The molecule has 0 spiro atoms. The van der Waals surface area contributed by atoms with Gasteiger partial charge in [0, 0.05) is 12.5 Å². The van der Waals surface area contributed by atoms with Crippen molar-refractivity contribution in [1.82, 2.24) is 4.90 Å². The van der Waals surface area contributed by atoms with Gasteiger partial charge in [0.15, 0.2) is 0 Å². The Morgan fingerprint density at radius 2 is 1.96 bits per heavy atom. The number of carbonyl (C=O) groups excluding carboxylic acids is 1. The quantitative estimate of drug-likeness (QED) is 0.923. The van der Waals surface area contributed by atoms with Gasteiger partial charge in [-0.25, -0.2) is 4.79 Å². The first-order chi connectivity index (χ1) is 10.8. The van der Waals surface area contributed by atoms with Gasteiger partial charge in [-0.2, -0.15) is 0 Å². The Bertz CT molecular complexity index is 518. The maximum absolute atomic E-state index is 12.1. The Hall–Kier alpha value is -1.55. The Balaban J connectivity index is 1.97. The number of piperidine rings is 1. The lowest BCUT2D eigenvalue weighted by Gasteiger charge is -2.37. The number of amides is 1. The van der Waals surface area contributed by atoms with Gasteiger partial charge in [-0.1, -0.05) is 37.6 Å². The minimum absolute atomic E-state index is 0.0874. The minimum atomic E-state index is -0.548. The van der Waals surface area contributed by atoms with E-state index in [1.807, 2.05) is 20.8 Å². The Morgan fingerprint density at radius 1 is 1.30 bits per heavy atom. The molecule has 0 saturated carbocycles. The number of likely N-dealkylation sites (tertiary alicyclic amines) is 1. The highest BCUT2D eigenvalue weighted by molar-refractivity contribution is 5.68. The van der Waals surface area contributed by atoms with Crippen LogP contribution in [0.1, 0.15) is 57.6 Å². The number of nitrogens with zero attached hydrogens (tertiary/aromatic N) is 1. The highest BCUT2D eigenvalue weighted by Crippen LogP contribution is 2.29. The van der Waals surface area contributed by atoms with Crippen molar-refractivity contribution in [1.29, 1.82) is 0 Å². The minimum Gasteiger partial charge on any atom is -0.444 e. The molecule has 1 saturated heterocycles.